The fourth-order valence-corrected chi connectivity index (χ4v) is 1.11. The third-order valence-corrected chi connectivity index (χ3v) is 2.36. The van der Waals surface area contributed by atoms with Gasteiger partial charge in [0.05, 0.1) is 0 Å². The first-order valence-corrected chi connectivity index (χ1v) is 4.33. The number of hydrogen-bond acceptors (Lipinski definition) is 3. The van der Waals surface area contributed by atoms with E-state index in [2.05, 4.69) is 0 Å². The molecule has 0 saturated heterocycles. The summed E-state index contributed by atoms with van der Waals surface area (Å²) in [6.45, 7) is 0.368. The summed E-state index contributed by atoms with van der Waals surface area (Å²) in [6.07, 6.45) is 0.662. The lowest BCUT2D eigenvalue weighted by Gasteiger charge is -2.25. The molecule has 5 N–H and O–H groups in total. The molecule has 0 aromatic rings. The lowest BCUT2D eigenvalue weighted by molar-refractivity contribution is -0.143. The fourth-order valence-electron chi connectivity index (χ4n) is 0.704. The van der Waals surface area contributed by atoms with Crippen molar-refractivity contribution in [2.45, 2.75) is 23.2 Å². The molecule has 1 atom stereocenters. The van der Waals surface area contributed by atoms with E-state index in [0.29, 0.717) is 13.0 Å². The molecule has 12 heavy (non-hydrogen) atoms. The van der Waals surface area contributed by atoms with Crippen LogP contribution in [0.3, 0.4) is 0 Å². The van der Waals surface area contributed by atoms with Crippen LogP contribution in [0.5, 0.6) is 0 Å². The van der Waals surface area contributed by atoms with Crippen LogP contribution in [0.1, 0.15) is 12.8 Å². The van der Waals surface area contributed by atoms with Gasteiger partial charge in [0.15, 0.2) is 0 Å². The quantitative estimate of drug-likeness (QED) is 0.576. The summed E-state index contributed by atoms with van der Waals surface area (Å²) >= 11 is 10.9. The largest absolute Gasteiger partial charge is 0.480 e. The van der Waals surface area contributed by atoms with Gasteiger partial charge in [-0.25, -0.2) is 0 Å². The first kappa shape index (κ1) is 12.0. The van der Waals surface area contributed by atoms with Crippen LogP contribution in [0, 0.1) is 0 Å². The number of alkyl halides is 2. The molecule has 0 radical (unpaired) electrons. The number of carboxylic acid groups (broad SMARTS) is 1. The Labute approximate surface area is 80.8 Å². The van der Waals surface area contributed by atoms with Gasteiger partial charge in [-0.2, -0.15) is 0 Å². The Morgan fingerprint density at radius 3 is 2.33 bits per heavy atom. The van der Waals surface area contributed by atoms with Crippen LogP contribution in [0.15, 0.2) is 0 Å². The summed E-state index contributed by atoms with van der Waals surface area (Å²) in [5.41, 5.74) is 9.07. The van der Waals surface area contributed by atoms with Crippen LogP contribution < -0.4 is 11.5 Å². The molecule has 1 unspecified atom stereocenters. The monoisotopic (exact) mass is 214 g/mol. The summed E-state index contributed by atoms with van der Waals surface area (Å²) in [5, 5.41) is 8.69. The van der Waals surface area contributed by atoms with E-state index < -0.39 is 16.3 Å². The van der Waals surface area contributed by atoms with E-state index in [0.717, 1.165) is 0 Å². The molecule has 4 nitrogen and oxygen atoms in total. The molecule has 0 fully saturated rings. The standard InChI is InChI=1S/C6H12Cl2N2O2/c7-4(8)6(10,5(11)12)2-1-3-9/h4H,1-3,9-10H2,(H,11,12). The zero-order valence-electron chi connectivity index (χ0n) is 6.46. The van der Waals surface area contributed by atoms with Crippen molar-refractivity contribution in [3.63, 3.8) is 0 Å². The Balaban J connectivity index is 4.29. The maximum absolute atomic E-state index is 10.6. The number of carboxylic acids is 1. The first-order chi connectivity index (χ1) is 5.45. The third-order valence-electron chi connectivity index (χ3n) is 1.58. The highest BCUT2D eigenvalue weighted by atomic mass is 35.5. The molecule has 0 aromatic heterocycles. The Kier molecular flexibility index (Phi) is 4.85. The Morgan fingerprint density at radius 1 is 1.58 bits per heavy atom. The van der Waals surface area contributed by atoms with Crippen molar-refractivity contribution >= 4 is 29.2 Å². The number of aliphatic carboxylic acids is 1. The topological polar surface area (TPSA) is 89.3 Å². The molecule has 0 rings (SSSR count). The second kappa shape index (κ2) is 4.87. The van der Waals surface area contributed by atoms with Crippen LogP contribution >= 0.6 is 23.2 Å². The van der Waals surface area contributed by atoms with Crippen molar-refractivity contribution < 1.29 is 9.90 Å². The number of hydrogen-bond donors (Lipinski definition) is 3. The van der Waals surface area contributed by atoms with Crippen molar-refractivity contribution in [2.24, 2.45) is 11.5 Å². The van der Waals surface area contributed by atoms with Crippen LogP contribution in [-0.4, -0.2) is 28.0 Å². The minimum Gasteiger partial charge on any atom is -0.480 e. The van der Waals surface area contributed by atoms with Gasteiger partial charge < -0.3 is 16.6 Å². The highest BCUT2D eigenvalue weighted by Crippen LogP contribution is 2.22. The maximum Gasteiger partial charge on any atom is 0.326 e. The average Bonchev–Trinajstić information content (AvgIpc) is 1.99. The summed E-state index contributed by atoms with van der Waals surface area (Å²) in [6, 6.07) is 0. The van der Waals surface area contributed by atoms with E-state index >= 15 is 0 Å². The van der Waals surface area contributed by atoms with Gasteiger partial charge in [-0.05, 0) is 19.4 Å². The minimum absolute atomic E-state index is 0.177. The molecule has 0 aromatic carbocycles. The second-order valence-electron chi connectivity index (χ2n) is 2.54. The first-order valence-electron chi connectivity index (χ1n) is 3.45. The lowest BCUT2D eigenvalue weighted by Crippen LogP contribution is -2.53. The summed E-state index contributed by atoms with van der Waals surface area (Å²) in [7, 11) is 0. The molecule has 0 bridgehead atoms. The van der Waals surface area contributed by atoms with Gasteiger partial charge in [-0.3, -0.25) is 4.79 Å². The number of carbonyl (C=O) groups is 1. The lowest BCUT2D eigenvalue weighted by atomic mass is 9.97. The van der Waals surface area contributed by atoms with Crippen molar-refractivity contribution in [1.82, 2.24) is 0 Å². The van der Waals surface area contributed by atoms with E-state index in [1.807, 2.05) is 0 Å². The molecule has 72 valence electrons. The zero-order valence-corrected chi connectivity index (χ0v) is 7.98. The Morgan fingerprint density at radius 2 is 2.08 bits per heavy atom. The summed E-state index contributed by atoms with van der Waals surface area (Å²) < 4.78 is 0. The van der Waals surface area contributed by atoms with Crippen molar-refractivity contribution in [2.75, 3.05) is 6.54 Å². The number of halogens is 2. The smallest absolute Gasteiger partial charge is 0.326 e. The van der Waals surface area contributed by atoms with E-state index in [1.165, 1.54) is 0 Å². The van der Waals surface area contributed by atoms with Gasteiger partial charge in [0.25, 0.3) is 0 Å². The maximum atomic E-state index is 10.6. The van der Waals surface area contributed by atoms with Crippen molar-refractivity contribution in [3.8, 4) is 0 Å². The normalized spacial score (nSPS) is 16.1. The third kappa shape index (κ3) is 2.79. The van der Waals surface area contributed by atoms with E-state index in [9.17, 15) is 4.79 Å². The fraction of sp³-hybridized carbons (Fsp3) is 0.833. The molecule has 0 aliphatic rings. The second-order valence-corrected chi connectivity index (χ2v) is 3.63. The molecular weight excluding hydrogens is 203 g/mol. The van der Waals surface area contributed by atoms with Gasteiger partial charge >= 0.3 is 5.97 Å². The van der Waals surface area contributed by atoms with E-state index in [1.54, 1.807) is 0 Å². The highest BCUT2D eigenvalue weighted by molar-refractivity contribution is 6.46. The van der Waals surface area contributed by atoms with Gasteiger partial charge in [0.1, 0.15) is 10.4 Å². The highest BCUT2D eigenvalue weighted by Gasteiger charge is 2.39. The van der Waals surface area contributed by atoms with Gasteiger partial charge in [0, 0.05) is 0 Å². The van der Waals surface area contributed by atoms with Gasteiger partial charge in [-0.1, -0.05) is 0 Å². The van der Waals surface area contributed by atoms with Crippen molar-refractivity contribution in [1.29, 1.82) is 0 Å². The SMILES string of the molecule is NCCCC(N)(C(=O)O)C(Cl)Cl. The molecular formula is C6H12Cl2N2O2. The molecule has 0 aliphatic carbocycles. The molecule has 0 saturated carbocycles. The summed E-state index contributed by atoms with van der Waals surface area (Å²) in [4.78, 5) is 9.51. The Bertz CT molecular complexity index is 166. The minimum atomic E-state index is -1.58. The molecule has 0 spiro atoms. The van der Waals surface area contributed by atoms with Crippen LogP contribution in [0.25, 0.3) is 0 Å². The van der Waals surface area contributed by atoms with Crippen LogP contribution in [-0.2, 0) is 4.79 Å². The Hall–Kier alpha value is -0.0300. The zero-order chi connectivity index (χ0) is 9.78. The summed E-state index contributed by atoms with van der Waals surface area (Å²) in [5.74, 6) is -1.20. The van der Waals surface area contributed by atoms with Crippen LogP contribution in [0.4, 0.5) is 0 Å². The molecule has 0 heterocycles. The van der Waals surface area contributed by atoms with Gasteiger partial charge in [0.2, 0.25) is 0 Å². The molecule has 0 amide bonds. The molecule has 0 aliphatic heterocycles. The predicted octanol–water partition coefficient (Wildman–Crippen LogP) is 0.311. The van der Waals surface area contributed by atoms with E-state index in [4.69, 9.17) is 39.8 Å². The van der Waals surface area contributed by atoms with E-state index in [-0.39, 0.29) is 6.42 Å². The number of rotatable bonds is 5. The molecule has 6 heteroatoms. The predicted molar refractivity (Wildman–Crippen MR) is 48.3 cm³/mol. The van der Waals surface area contributed by atoms with Crippen LogP contribution in [0.2, 0.25) is 0 Å². The van der Waals surface area contributed by atoms with Crippen molar-refractivity contribution in [3.05, 3.63) is 0 Å². The average molecular weight is 215 g/mol. The number of nitrogens with two attached hydrogens (primary N) is 2. The van der Waals surface area contributed by atoms with Gasteiger partial charge in [-0.15, -0.1) is 23.2 Å².